The summed E-state index contributed by atoms with van der Waals surface area (Å²) in [5.74, 6) is 0.581. The molecule has 98 valence electrons. The molecule has 0 fully saturated rings. The summed E-state index contributed by atoms with van der Waals surface area (Å²) in [5, 5.41) is 0. The zero-order chi connectivity index (χ0) is 13.3. The van der Waals surface area contributed by atoms with Crippen molar-refractivity contribution in [2.75, 3.05) is 0 Å². The lowest BCUT2D eigenvalue weighted by atomic mass is 9.76. The summed E-state index contributed by atoms with van der Waals surface area (Å²) in [7, 11) is 0. The predicted octanol–water partition coefficient (Wildman–Crippen LogP) is 5.28. The van der Waals surface area contributed by atoms with Crippen LogP contribution in [0.5, 0.6) is 0 Å². The van der Waals surface area contributed by atoms with E-state index in [4.69, 9.17) is 0 Å². The Morgan fingerprint density at radius 3 is 2.21 bits per heavy atom. The molecule has 19 heavy (non-hydrogen) atoms. The first-order valence-electron chi connectivity index (χ1n) is 7.45. The second kappa shape index (κ2) is 4.85. The Morgan fingerprint density at radius 2 is 1.53 bits per heavy atom. The number of rotatable bonds is 3. The van der Waals surface area contributed by atoms with Gasteiger partial charge < -0.3 is 0 Å². The molecule has 0 saturated heterocycles. The van der Waals surface area contributed by atoms with E-state index in [-0.39, 0.29) is 0 Å². The molecule has 0 bridgehead atoms. The molecule has 0 spiro atoms. The maximum atomic E-state index is 2.35. The average molecular weight is 250 g/mol. The predicted molar refractivity (Wildman–Crippen MR) is 81.6 cm³/mol. The summed E-state index contributed by atoms with van der Waals surface area (Å²) in [6.07, 6.45) is 3.75. The molecule has 3 rings (SSSR count). The number of hydrogen-bond acceptors (Lipinski definition) is 0. The molecule has 0 aliphatic heterocycles. The Labute approximate surface area is 116 Å². The van der Waals surface area contributed by atoms with E-state index >= 15 is 0 Å². The standard InChI is InChI=1S/C19H22/c1-3-19(4-2)14-17(15-10-6-5-7-11-15)16-12-8-9-13-18(16)19/h5-13,17H,3-4,14H2,1-2H3. The SMILES string of the molecule is CCC1(CC)CC(c2ccccc2)c2ccccc21. The van der Waals surface area contributed by atoms with Crippen molar-refractivity contribution in [1.82, 2.24) is 0 Å². The van der Waals surface area contributed by atoms with Crippen molar-refractivity contribution >= 4 is 0 Å². The van der Waals surface area contributed by atoms with Gasteiger partial charge in [0.05, 0.1) is 0 Å². The van der Waals surface area contributed by atoms with Gasteiger partial charge in [-0.25, -0.2) is 0 Å². The summed E-state index contributed by atoms with van der Waals surface area (Å²) < 4.78 is 0. The Balaban J connectivity index is 2.12. The zero-order valence-corrected chi connectivity index (χ0v) is 11.9. The second-order valence-electron chi connectivity index (χ2n) is 5.74. The van der Waals surface area contributed by atoms with Gasteiger partial charge in [0.15, 0.2) is 0 Å². The van der Waals surface area contributed by atoms with Crippen LogP contribution in [0.4, 0.5) is 0 Å². The van der Waals surface area contributed by atoms with Crippen LogP contribution < -0.4 is 0 Å². The topological polar surface area (TPSA) is 0 Å². The second-order valence-corrected chi connectivity index (χ2v) is 5.74. The summed E-state index contributed by atoms with van der Waals surface area (Å²) in [4.78, 5) is 0. The van der Waals surface area contributed by atoms with Crippen molar-refractivity contribution < 1.29 is 0 Å². The summed E-state index contributed by atoms with van der Waals surface area (Å²) >= 11 is 0. The van der Waals surface area contributed by atoms with E-state index in [2.05, 4.69) is 68.4 Å². The van der Waals surface area contributed by atoms with Gasteiger partial charge >= 0.3 is 0 Å². The fourth-order valence-corrected chi connectivity index (χ4v) is 3.80. The lowest BCUT2D eigenvalue weighted by Crippen LogP contribution is -2.20. The van der Waals surface area contributed by atoms with E-state index in [9.17, 15) is 0 Å². The minimum atomic E-state index is 0.386. The first kappa shape index (κ1) is 12.5. The van der Waals surface area contributed by atoms with Gasteiger partial charge in [-0.2, -0.15) is 0 Å². The van der Waals surface area contributed by atoms with Gasteiger partial charge in [-0.15, -0.1) is 0 Å². The monoisotopic (exact) mass is 250 g/mol. The fraction of sp³-hybridized carbons (Fsp3) is 0.368. The molecule has 0 amide bonds. The van der Waals surface area contributed by atoms with Gasteiger partial charge in [-0.05, 0) is 41.4 Å². The van der Waals surface area contributed by atoms with Gasteiger partial charge in [0.25, 0.3) is 0 Å². The van der Waals surface area contributed by atoms with Crippen LogP contribution in [0.2, 0.25) is 0 Å². The van der Waals surface area contributed by atoms with E-state index < -0.39 is 0 Å². The fourth-order valence-electron chi connectivity index (χ4n) is 3.80. The normalized spacial score (nSPS) is 20.2. The third-order valence-corrected chi connectivity index (χ3v) is 5.06. The molecule has 2 aromatic rings. The van der Waals surface area contributed by atoms with E-state index in [1.54, 1.807) is 11.1 Å². The lowest BCUT2D eigenvalue weighted by molar-refractivity contribution is 0.382. The highest BCUT2D eigenvalue weighted by Crippen LogP contribution is 2.52. The van der Waals surface area contributed by atoms with E-state index in [0.29, 0.717) is 11.3 Å². The molecule has 0 N–H and O–H groups in total. The lowest BCUT2D eigenvalue weighted by Gasteiger charge is -2.28. The Bertz CT molecular complexity index is 549. The highest BCUT2D eigenvalue weighted by atomic mass is 14.4. The van der Waals surface area contributed by atoms with Crippen molar-refractivity contribution in [1.29, 1.82) is 0 Å². The van der Waals surface area contributed by atoms with Crippen LogP contribution in [0.15, 0.2) is 54.6 Å². The third kappa shape index (κ3) is 1.90. The molecular formula is C19H22. The maximum absolute atomic E-state index is 2.35. The van der Waals surface area contributed by atoms with Gasteiger partial charge in [-0.1, -0.05) is 68.4 Å². The molecule has 0 heterocycles. The minimum absolute atomic E-state index is 0.386. The smallest absolute Gasteiger partial charge is 0.0101 e. The van der Waals surface area contributed by atoms with Crippen molar-refractivity contribution in [2.45, 2.75) is 44.4 Å². The molecule has 0 saturated carbocycles. The van der Waals surface area contributed by atoms with Crippen molar-refractivity contribution in [2.24, 2.45) is 0 Å². The first-order chi connectivity index (χ1) is 9.30. The van der Waals surface area contributed by atoms with Crippen molar-refractivity contribution in [3.05, 3.63) is 71.3 Å². The van der Waals surface area contributed by atoms with Gasteiger partial charge in [0, 0.05) is 5.92 Å². The average Bonchev–Trinajstić information content (AvgIpc) is 2.84. The quantitative estimate of drug-likeness (QED) is 0.695. The van der Waals surface area contributed by atoms with Crippen molar-refractivity contribution in [3.8, 4) is 0 Å². The molecule has 0 radical (unpaired) electrons. The van der Waals surface area contributed by atoms with Crippen LogP contribution in [-0.4, -0.2) is 0 Å². The van der Waals surface area contributed by atoms with Crippen molar-refractivity contribution in [3.63, 3.8) is 0 Å². The molecule has 0 heteroatoms. The molecule has 1 unspecified atom stereocenters. The molecule has 1 atom stereocenters. The van der Waals surface area contributed by atoms with E-state index in [1.165, 1.54) is 24.8 Å². The largest absolute Gasteiger partial charge is 0.0645 e. The van der Waals surface area contributed by atoms with E-state index in [0.717, 1.165) is 0 Å². The highest BCUT2D eigenvalue weighted by Gasteiger charge is 2.41. The Hall–Kier alpha value is -1.56. The number of benzene rings is 2. The molecular weight excluding hydrogens is 228 g/mol. The van der Waals surface area contributed by atoms with Crippen LogP contribution >= 0.6 is 0 Å². The molecule has 1 aliphatic rings. The first-order valence-corrected chi connectivity index (χ1v) is 7.45. The molecule has 1 aliphatic carbocycles. The van der Waals surface area contributed by atoms with Crippen LogP contribution in [0, 0.1) is 0 Å². The summed E-state index contributed by atoms with van der Waals surface area (Å²) in [6.45, 7) is 4.68. The minimum Gasteiger partial charge on any atom is -0.0645 e. The molecule has 0 nitrogen and oxygen atoms in total. The van der Waals surface area contributed by atoms with E-state index in [1.807, 2.05) is 0 Å². The summed E-state index contributed by atoms with van der Waals surface area (Å²) in [5.41, 5.74) is 5.00. The van der Waals surface area contributed by atoms with Gasteiger partial charge in [0.2, 0.25) is 0 Å². The van der Waals surface area contributed by atoms with Gasteiger partial charge in [-0.3, -0.25) is 0 Å². The number of fused-ring (bicyclic) bond motifs is 1. The van der Waals surface area contributed by atoms with Crippen LogP contribution in [-0.2, 0) is 5.41 Å². The Morgan fingerprint density at radius 1 is 0.895 bits per heavy atom. The Kier molecular flexibility index (Phi) is 3.18. The highest BCUT2D eigenvalue weighted by molar-refractivity contribution is 5.47. The summed E-state index contributed by atoms with van der Waals surface area (Å²) in [6, 6.07) is 20.1. The third-order valence-electron chi connectivity index (χ3n) is 5.06. The maximum Gasteiger partial charge on any atom is 0.0101 e. The molecule has 2 aromatic carbocycles. The van der Waals surface area contributed by atoms with Crippen LogP contribution in [0.25, 0.3) is 0 Å². The van der Waals surface area contributed by atoms with Gasteiger partial charge in [0.1, 0.15) is 0 Å². The molecule has 0 aromatic heterocycles. The zero-order valence-electron chi connectivity index (χ0n) is 11.9. The number of hydrogen-bond donors (Lipinski definition) is 0. The van der Waals surface area contributed by atoms with Crippen LogP contribution in [0.1, 0.15) is 55.7 Å². The van der Waals surface area contributed by atoms with Crippen LogP contribution in [0.3, 0.4) is 0 Å².